The van der Waals surface area contributed by atoms with Gasteiger partial charge in [-0.3, -0.25) is 13.7 Å². The Hall–Kier alpha value is -5.68. The van der Waals surface area contributed by atoms with Gasteiger partial charge in [-0.15, -0.1) is 0 Å². The fraction of sp³-hybridized carbons (Fsp3) is 0.0526. The van der Waals surface area contributed by atoms with Crippen molar-refractivity contribution in [1.82, 2.24) is 18.8 Å². The molecule has 43 heavy (non-hydrogen) atoms. The molecule has 0 amide bonds. The van der Waals surface area contributed by atoms with E-state index in [1.165, 1.54) is 32.7 Å². The Kier molecular flexibility index (Phi) is 4.97. The number of rotatable bonds is 3. The van der Waals surface area contributed by atoms with Crippen molar-refractivity contribution >= 4 is 72.0 Å². The van der Waals surface area contributed by atoms with Crippen LogP contribution in [0.15, 0.2) is 128 Å². The first-order chi connectivity index (χ1) is 21.2. The molecule has 0 atom stereocenters. The van der Waals surface area contributed by atoms with Crippen LogP contribution in [0.3, 0.4) is 0 Å². The maximum atomic E-state index is 5.36. The summed E-state index contributed by atoms with van der Waals surface area (Å²) >= 11 is 0. The second-order valence-electron chi connectivity index (χ2n) is 11.3. The number of aryl methyl sites for hydroxylation is 2. The lowest BCUT2D eigenvalue weighted by Crippen LogP contribution is -2.13. The van der Waals surface area contributed by atoms with Crippen molar-refractivity contribution < 1.29 is 0 Å². The van der Waals surface area contributed by atoms with Gasteiger partial charge in [0, 0.05) is 21.5 Å². The zero-order valence-corrected chi connectivity index (χ0v) is 23.9. The van der Waals surface area contributed by atoms with Gasteiger partial charge in [0.2, 0.25) is 0 Å². The summed E-state index contributed by atoms with van der Waals surface area (Å²) < 4.78 is 4.46. The molecule has 0 fully saturated rings. The van der Waals surface area contributed by atoms with E-state index in [0.29, 0.717) is 0 Å². The fourth-order valence-corrected chi connectivity index (χ4v) is 6.85. The second-order valence-corrected chi connectivity index (χ2v) is 11.3. The molecule has 4 heterocycles. The predicted molar refractivity (Wildman–Crippen MR) is 178 cm³/mol. The number of anilines is 3. The molecule has 204 valence electrons. The fourth-order valence-electron chi connectivity index (χ4n) is 6.85. The maximum Gasteiger partial charge on any atom is 0.158 e. The average Bonchev–Trinajstić information content (AvgIpc) is 3.69. The number of nitrogens with zero attached hydrogens (tertiary/aromatic N) is 5. The first-order valence-corrected chi connectivity index (χ1v) is 14.6. The quantitative estimate of drug-likeness (QED) is 0.204. The summed E-state index contributed by atoms with van der Waals surface area (Å²) in [5, 5.41) is 7.07. The molecule has 0 unspecified atom stereocenters. The van der Waals surface area contributed by atoms with Crippen LogP contribution in [0.4, 0.5) is 17.3 Å². The molecule has 5 nitrogen and oxygen atoms in total. The Balaban J connectivity index is 1.40. The lowest BCUT2D eigenvalue weighted by molar-refractivity contribution is 1.15. The van der Waals surface area contributed by atoms with E-state index < -0.39 is 0 Å². The Morgan fingerprint density at radius 3 is 1.30 bits per heavy atom. The third kappa shape index (κ3) is 3.39. The average molecular weight is 554 g/mol. The lowest BCUT2D eigenvalue weighted by Gasteiger charge is -2.23. The van der Waals surface area contributed by atoms with Crippen molar-refractivity contribution in [3.8, 4) is 0 Å². The van der Waals surface area contributed by atoms with Crippen molar-refractivity contribution in [3.63, 3.8) is 0 Å². The number of pyridine rings is 2. The van der Waals surface area contributed by atoms with Crippen molar-refractivity contribution in [2.24, 2.45) is 0 Å². The van der Waals surface area contributed by atoms with Gasteiger partial charge in [0.05, 0.1) is 29.1 Å². The third-order valence-electron chi connectivity index (χ3n) is 8.75. The van der Waals surface area contributed by atoms with E-state index in [-0.39, 0.29) is 0 Å². The Bertz CT molecular complexity index is 2230. The molecule has 0 N–H and O–H groups in total. The topological polar surface area (TPSA) is 37.8 Å². The molecule has 0 aliphatic carbocycles. The van der Waals surface area contributed by atoms with Gasteiger partial charge in [-0.2, -0.15) is 0 Å². The summed E-state index contributed by atoms with van der Waals surface area (Å²) in [5.74, 6) is 1.66. The number of aromatic nitrogens is 4. The van der Waals surface area contributed by atoms with Crippen molar-refractivity contribution in [1.29, 1.82) is 0 Å². The Labute approximate surface area is 247 Å². The van der Waals surface area contributed by atoms with Crippen LogP contribution in [0.2, 0.25) is 0 Å². The normalized spacial score (nSPS) is 12.0. The van der Waals surface area contributed by atoms with E-state index in [1.54, 1.807) is 0 Å². The minimum Gasteiger partial charge on any atom is -0.297 e. The van der Waals surface area contributed by atoms with E-state index in [4.69, 9.17) is 9.97 Å². The number of fused-ring (bicyclic) bond motifs is 12. The largest absolute Gasteiger partial charge is 0.297 e. The van der Waals surface area contributed by atoms with Gasteiger partial charge in [-0.1, -0.05) is 103 Å². The van der Waals surface area contributed by atoms with Gasteiger partial charge in [0.15, 0.2) is 11.6 Å². The summed E-state index contributed by atoms with van der Waals surface area (Å²) in [6.07, 6.45) is 4.33. The molecule has 9 rings (SSSR count). The van der Waals surface area contributed by atoms with Crippen LogP contribution in [0, 0.1) is 13.8 Å². The van der Waals surface area contributed by atoms with Crippen molar-refractivity contribution in [3.05, 3.63) is 139 Å². The van der Waals surface area contributed by atoms with Gasteiger partial charge < -0.3 is 0 Å². The molecule has 0 saturated heterocycles. The van der Waals surface area contributed by atoms with E-state index in [0.717, 1.165) is 50.4 Å². The number of imidazole rings is 2. The smallest absolute Gasteiger partial charge is 0.158 e. The SMILES string of the molecule is Cc1cccc(C)c1N(c1cn2c3ccccc3c3ccccc3c2n1)c1cn2c3ccccc3c3ccccc3c2n1. The Morgan fingerprint density at radius 1 is 0.442 bits per heavy atom. The molecule has 9 aromatic rings. The molecule has 0 saturated carbocycles. The van der Waals surface area contributed by atoms with E-state index >= 15 is 0 Å². The minimum atomic E-state index is 0.830. The highest BCUT2D eigenvalue weighted by molar-refractivity contribution is 6.13. The minimum absolute atomic E-state index is 0.830. The monoisotopic (exact) mass is 553 g/mol. The standard InChI is InChI=1S/C38H27N5/c1-24-12-11-13-25(2)36(24)43(34-22-41-32-20-9-7-16-28(32)26-14-3-5-18-30(26)37(41)39-34)35-23-42-33-21-10-8-17-29(33)27-15-4-6-19-31(27)38(42)40-35/h3-23H,1-2H3. The summed E-state index contributed by atoms with van der Waals surface area (Å²) in [7, 11) is 0. The molecule has 0 radical (unpaired) electrons. The van der Waals surface area contributed by atoms with E-state index in [2.05, 4.69) is 155 Å². The van der Waals surface area contributed by atoms with Crippen LogP contribution in [0.5, 0.6) is 0 Å². The van der Waals surface area contributed by atoms with Crippen LogP contribution in [-0.4, -0.2) is 18.8 Å². The molecule has 0 aliphatic rings. The molecule has 0 aliphatic heterocycles. The Morgan fingerprint density at radius 2 is 0.837 bits per heavy atom. The molecular formula is C38H27N5. The zero-order chi connectivity index (χ0) is 28.7. The summed E-state index contributed by atoms with van der Waals surface area (Å²) in [4.78, 5) is 13.0. The number of benzene rings is 5. The summed E-state index contributed by atoms with van der Waals surface area (Å²) in [5.41, 5.74) is 7.54. The molecule has 5 aromatic carbocycles. The highest BCUT2D eigenvalue weighted by Gasteiger charge is 2.24. The van der Waals surface area contributed by atoms with Gasteiger partial charge in [-0.25, -0.2) is 9.97 Å². The summed E-state index contributed by atoms with van der Waals surface area (Å²) in [6.45, 7) is 4.33. The zero-order valence-electron chi connectivity index (χ0n) is 23.9. The number of hydrogen-bond donors (Lipinski definition) is 0. The van der Waals surface area contributed by atoms with Crippen LogP contribution >= 0.6 is 0 Å². The molecule has 0 bridgehead atoms. The highest BCUT2D eigenvalue weighted by Crippen LogP contribution is 2.41. The van der Waals surface area contributed by atoms with Gasteiger partial charge >= 0.3 is 0 Å². The third-order valence-corrected chi connectivity index (χ3v) is 8.75. The molecular weight excluding hydrogens is 526 g/mol. The molecule has 4 aromatic heterocycles. The lowest BCUT2D eigenvalue weighted by atomic mass is 10.1. The molecule has 0 spiro atoms. The van der Waals surface area contributed by atoms with Crippen LogP contribution in [-0.2, 0) is 0 Å². The maximum absolute atomic E-state index is 5.36. The van der Waals surface area contributed by atoms with Crippen LogP contribution in [0.25, 0.3) is 54.6 Å². The first kappa shape index (κ1) is 24.0. The van der Waals surface area contributed by atoms with Crippen LogP contribution in [0.1, 0.15) is 11.1 Å². The van der Waals surface area contributed by atoms with E-state index in [9.17, 15) is 0 Å². The molecule has 5 heteroatoms. The van der Waals surface area contributed by atoms with Crippen molar-refractivity contribution in [2.45, 2.75) is 13.8 Å². The van der Waals surface area contributed by atoms with Gasteiger partial charge in [0.1, 0.15) is 11.3 Å². The van der Waals surface area contributed by atoms with Crippen molar-refractivity contribution in [2.75, 3.05) is 4.90 Å². The van der Waals surface area contributed by atoms with Crippen LogP contribution < -0.4 is 4.90 Å². The second kappa shape index (κ2) is 8.91. The first-order valence-electron chi connectivity index (χ1n) is 14.6. The van der Waals surface area contributed by atoms with Gasteiger partial charge in [-0.05, 0) is 47.9 Å². The highest BCUT2D eigenvalue weighted by atomic mass is 15.3. The summed E-state index contributed by atoms with van der Waals surface area (Å²) in [6, 6.07) is 40.7. The van der Waals surface area contributed by atoms with Gasteiger partial charge in [0.25, 0.3) is 0 Å². The number of para-hydroxylation sites is 3. The predicted octanol–water partition coefficient (Wildman–Crippen LogP) is 9.68. The number of hydrogen-bond acceptors (Lipinski definition) is 3. The van der Waals surface area contributed by atoms with E-state index in [1.807, 2.05) is 0 Å².